The molecule has 0 amide bonds. The van der Waals surface area contributed by atoms with E-state index in [1.54, 1.807) is 0 Å². The summed E-state index contributed by atoms with van der Waals surface area (Å²) in [4.78, 5) is 0. The predicted molar refractivity (Wildman–Crippen MR) is 237 cm³/mol. The van der Waals surface area contributed by atoms with Crippen LogP contribution in [0.3, 0.4) is 0 Å². The highest BCUT2D eigenvalue weighted by Crippen LogP contribution is 2.47. The van der Waals surface area contributed by atoms with Gasteiger partial charge < -0.3 is 28.4 Å². The first-order valence-corrected chi connectivity index (χ1v) is 20.3. The second-order valence-corrected chi connectivity index (χ2v) is 14.4. The van der Waals surface area contributed by atoms with Gasteiger partial charge in [0.1, 0.15) is 59.1 Å². The monoisotopic (exact) mass is 792 g/mol. The van der Waals surface area contributed by atoms with Crippen LogP contribution in [0.2, 0.25) is 0 Å². The summed E-state index contributed by atoms with van der Waals surface area (Å²) >= 11 is 0. The summed E-state index contributed by atoms with van der Waals surface area (Å²) in [5, 5.41) is 13.1. The minimum atomic E-state index is 0.406. The molecule has 8 heteroatoms. The van der Waals surface area contributed by atoms with Gasteiger partial charge in [-0.2, -0.15) is 0 Å². The summed E-state index contributed by atoms with van der Waals surface area (Å²) < 4.78 is 38.8. The molecular weight excluding hydrogens is 749 g/mol. The van der Waals surface area contributed by atoms with Gasteiger partial charge in [-0.25, -0.2) is 0 Å². The third-order valence-corrected chi connectivity index (χ3v) is 10.3. The molecule has 9 rings (SSSR count). The quantitative estimate of drug-likeness (QED) is 0.167. The Morgan fingerprint density at radius 3 is 1.22 bits per heavy atom. The van der Waals surface area contributed by atoms with Gasteiger partial charge in [-0.3, -0.25) is 0 Å². The van der Waals surface area contributed by atoms with E-state index in [0.29, 0.717) is 75.4 Å². The molecule has 0 radical (unpaired) electrons. The van der Waals surface area contributed by atoms with E-state index in [0.717, 1.165) is 66.8 Å². The average molecular weight is 793 g/mol. The molecule has 0 atom stereocenters. The first kappa shape index (κ1) is 38.2. The molecule has 0 unspecified atom stereocenters. The number of para-hydroxylation sites is 2. The van der Waals surface area contributed by atoms with Gasteiger partial charge in [0.05, 0.1) is 26.4 Å². The van der Waals surface area contributed by atoms with E-state index in [1.807, 2.05) is 109 Å². The predicted octanol–water partition coefficient (Wildman–Crippen LogP) is 13.2. The Hall–Kier alpha value is -7.32. The Kier molecular flexibility index (Phi) is 11.8. The summed E-state index contributed by atoms with van der Waals surface area (Å²) in [5.74, 6) is 4.24. The maximum atomic E-state index is 6.75. The van der Waals surface area contributed by atoms with E-state index in [9.17, 15) is 0 Å². The molecule has 0 aromatic heterocycles. The van der Waals surface area contributed by atoms with Gasteiger partial charge in [-0.05, 0) is 93.3 Å². The minimum absolute atomic E-state index is 0.406. The van der Waals surface area contributed by atoms with Gasteiger partial charge in [-0.15, -0.1) is 10.2 Å². The van der Waals surface area contributed by atoms with Crippen molar-refractivity contribution in [2.75, 3.05) is 26.4 Å². The topological polar surface area (TPSA) is 80.1 Å². The molecule has 0 saturated heterocycles. The highest BCUT2D eigenvalue weighted by atomic mass is 16.5. The molecule has 0 aliphatic carbocycles. The van der Waals surface area contributed by atoms with Gasteiger partial charge >= 0.3 is 0 Å². The molecule has 8 aromatic rings. The maximum Gasteiger partial charge on any atom is 0.146 e. The number of hydrogen-bond acceptors (Lipinski definition) is 8. The van der Waals surface area contributed by atoms with Crippen LogP contribution in [0.25, 0.3) is 32.7 Å². The van der Waals surface area contributed by atoms with Crippen molar-refractivity contribution in [3.05, 3.63) is 181 Å². The molecular formula is C52H44N2O6. The van der Waals surface area contributed by atoms with Gasteiger partial charge in [0.15, 0.2) is 0 Å². The fourth-order valence-corrected chi connectivity index (χ4v) is 7.25. The normalized spacial score (nSPS) is 13.2. The lowest BCUT2D eigenvalue weighted by Gasteiger charge is -2.21. The number of fused-ring (bicyclic) bond motifs is 9. The lowest BCUT2D eigenvalue weighted by atomic mass is 9.92. The van der Waals surface area contributed by atoms with Gasteiger partial charge in [0.25, 0.3) is 0 Å². The first-order chi connectivity index (χ1) is 29.7. The average Bonchev–Trinajstić information content (AvgIpc) is 3.30. The zero-order chi connectivity index (χ0) is 40.4. The van der Waals surface area contributed by atoms with Crippen LogP contribution in [0.5, 0.6) is 34.5 Å². The first-order valence-electron chi connectivity index (χ1n) is 20.3. The Balaban J connectivity index is 1.14. The molecule has 0 bridgehead atoms. The lowest BCUT2D eigenvalue weighted by Crippen LogP contribution is -2.07. The fraction of sp³-hybridized carbons (Fsp3) is 0.154. The van der Waals surface area contributed by atoms with Crippen LogP contribution in [0.4, 0.5) is 11.4 Å². The second-order valence-electron chi connectivity index (χ2n) is 14.4. The Morgan fingerprint density at radius 2 is 0.767 bits per heavy atom. The van der Waals surface area contributed by atoms with E-state index in [4.69, 9.17) is 28.4 Å². The highest BCUT2D eigenvalue weighted by Gasteiger charge is 2.21. The van der Waals surface area contributed by atoms with Crippen LogP contribution in [-0.4, -0.2) is 26.4 Å². The standard InChI is InChI=1S/C52H44N2O6/c1-3-13-37(14-4-1)35-59-41-25-21-39-23-27-49-51(43(39)33-41)52-44-34-42(60-36-38-15-5-2-6-16-38)26-22-40(44)24-28-50(52)58-32-12-30-56-48-20-10-8-18-46(48)54-53-45-17-7-9-19-47(45)55-29-11-31-57-49/h1-10,13-28,33-34H,11-12,29-32,35-36H2. The van der Waals surface area contributed by atoms with Crippen molar-refractivity contribution in [2.45, 2.75) is 26.1 Å². The van der Waals surface area contributed by atoms with Crippen molar-refractivity contribution in [3.63, 3.8) is 0 Å². The molecule has 0 N–H and O–H groups in total. The fourth-order valence-electron chi connectivity index (χ4n) is 7.25. The number of rotatable bonds is 6. The van der Waals surface area contributed by atoms with Crippen LogP contribution in [0.15, 0.2) is 180 Å². The van der Waals surface area contributed by atoms with Crippen LogP contribution in [-0.2, 0) is 13.2 Å². The van der Waals surface area contributed by atoms with Gasteiger partial charge in [0, 0.05) is 24.0 Å². The van der Waals surface area contributed by atoms with Crippen molar-refractivity contribution >= 4 is 32.9 Å². The van der Waals surface area contributed by atoms with Crippen LogP contribution in [0, 0.1) is 0 Å². The summed E-state index contributed by atoms with van der Waals surface area (Å²) in [6, 6.07) is 56.4. The van der Waals surface area contributed by atoms with Gasteiger partial charge in [-0.1, -0.05) is 109 Å². The summed E-state index contributed by atoms with van der Waals surface area (Å²) in [5.41, 5.74) is 5.26. The van der Waals surface area contributed by atoms with Crippen LogP contribution >= 0.6 is 0 Å². The molecule has 8 nitrogen and oxygen atoms in total. The smallest absolute Gasteiger partial charge is 0.146 e. The van der Waals surface area contributed by atoms with E-state index in [1.165, 1.54) is 0 Å². The Morgan fingerprint density at radius 1 is 0.383 bits per heavy atom. The second kappa shape index (κ2) is 18.5. The molecule has 8 aromatic carbocycles. The molecule has 298 valence electrons. The molecule has 1 aliphatic rings. The van der Waals surface area contributed by atoms with E-state index >= 15 is 0 Å². The number of azo groups is 1. The van der Waals surface area contributed by atoms with Crippen molar-refractivity contribution in [2.24, 2.45) is 10.2 Å². The number of hydrogen-bond donors (Lipinski definition) is 0. The van der Waals surface area contributed by atoms with E-state index in [2.05, 4.69) is 70.9 Å². The van der Waals surface area contributed by atoms with Crippen LogP contribution < -0.4 is 28.4 Å². The zero-order valence-electron chi connectivity index (χ0n) is 33.2. The number of nitrogens with zero attached hydrogens (tertiary/aromatic N) is 2. The van der Waals surface area contributed by atoms with Crippen molar-refractivity contribution < 1.29 is 28.4 Å². The third kappa shape index (κ3) is 9.03. The highest BCUT2D eigenvalue weighted by molar-refractivity contribution is 6.10. The van der Waals surface area contributed by atoms with E-state index < -0.39 is 0 Å². The number of benzene rings is 8. The molecule has 60 heavy (non-hydrogen) atoms. The third-order valence-electron chi connectivity index (χ3n) is 10.3. The maximum absolute atomic E-state index is 6.75. The van der Waals surface area contributed by atoms with Crippen molar-refractivity contribution in [3.8, 4) is 45.6 Å². The lowest BCUT2D eigenvalue weighted by molar-refractivity contribution is 0.246. The Labute approximate surface area is 349 Å². The Bertz CT molecular complexity index is 2550. The molecule has 0 saturated carbocycles. The SMILES string of the molecule is c1ccc(COc2ccc3ccc4c(c3c2)-c2c(ccc3ccc(OCc5ccccc5)cc23)OCCCOc2ccccc2N=Nc2ccccc2OCCCO4)cc1. The van der Waals surface area contributed by atoms with Crippen molar-refractivity contribution in [1.29, 1.82) is 0 Å². The summed E-state index contributed by atoms with van der Waals surface area (Å²) in [6.07, 6.45) is 1.24. The molecule has 1 heterocycles. The van der Waals surface area contributed by atoms with Crippen molar-refractivity contribution in [1.82, 2.24) is 0 Å². The molecule has 0 fully saturated rings. The molecule has 1 aliphatic heterocycles. The summed E-state index contributed by atoms with van der Waals surface area (Å²) in [7, 11) is 0. The number of ether oxygens (including phenoxy) is 6. The minimum Gasteiger partial charge on any atom is -0.493 e. The van der Waals surface area contributed by atoms with E-state index in [-0.39, 0.29) is 0 Å². The summed E-state index contributed by atoms with van der Waals surface area (Å²) in [6.45, 7) is 2.53. The molecule has 0 spiro atoms. The van der Waals surface area contributed by atoms with Gasteiger partial charge in [0.2, 0.25) is 0 Å². The van der Waals surface area contributed by atoms with Crippen LogP contribution in [0.1, 0.15) is 24.0 Å². The largest absolute Gasteiger partial charge is 0.493 e. The zero-order valence-corrected chi connectivity index (χ0v) is 33.2.